The number of amides is 2. The first-order valence-electron chi connectivity index (χ1n) is 10.1. The van der Waals surface area contributed by atoms with Crippen molar-refractivity contribution in [1.29, 1.82) is 0 Å². The molecule has 0 atom stereocenters. The Hall–Kier alpha value is -1.49. The quantitative estimate of drug-likeness (QED) is 0.734. The highest BCUT2D eigenvalue weighted by Crippen LogP contribution is 2.27. The van der Waals surface area contributed by atoms with Crippen LogP contribution in [0.15, 0.2) is 29.2 Å². The second kappa shape index (κ2) is 8.68. The first-order valence-corrected chi connectivity index (χ1v) is 11.1. The lowest BCUT2D eigenvalue weighted by Gasteiger charge is -2.33. The van der Waals surface area contributed by atoms with Gasteiger partial charge in [-0.15, -0.1) is 11.8 Å². The highest BCUT2D eigenvalue weighted by atomic mass is 32.2. The number of carbonyl (C=O) groups excluding carboxylic acids is 2. The van der Waals surface area contributed by atoms with Crippen LogP contribution in [0.3, 0.4) is 0 Å². The molecule has 1 aromatic rings. The van der Waals surface area contributed by atoms with Crippen molar-refractivity contribution in [2.24, 2.45) is 5.92 Å². The highest BCUT2D eigenvalue weighted by Gasteiger charge is 2.31. The lowest BCUT2D eigenvalue weighted by atomic mass is 9.87. The van der Waals surface area contributed by atoms with Gasteiger partial charge in [-0.25, -0.2) is 0 Å². The summed E-state index contributed by atoms with van der Waals surface area (Å²) in [5, 5.41) is 0. The van der Waals surface area contributed by atoms with Crippen LogP contribution in [-0.4, -0.2) is 53.5 Å². The van der Waals surface area contributed by atoms with Crippen LogP contribution >= 0.6 is 11.8 Å². The molecule has 148 valence electrons. The van der Waals surface area contributed by atoms with E-state index in [2.05, 4.69) is 45.0 Å². The molecule has 1 aromatic carbocycles. The Kier molecular flexibility index (Phi) is 6.51. The zero-order valence-electron chi connectivity index (χ0n) is 16.9. The van der Waals surface area contributed by atoms with Crippen molar-refractivity contribution in [3.63, 3.8) is 0 Å². The van der Waals surface area contributed by atoms with Crippen LogP contribution < -0.4 is 0 Å². The number of nitrogens with zero attached hydrogens (tertiary/aromatic N) is 2. The summed E-state index contributed by atoms with van der Waals surface area (Å²) in [6.45, 7) is 9.88. The zero-order valence-corrected chi connectivity index (χ0v) is 17.7. The molecule has 0 spiro atoms. The predicted octanol–water partition coefficient (Wildman–Crippen LogP) is 3.94. The van der Waals surface area contributed by atoms with E-state index in [1.54, 1.807) is 11.8 Å². The Labute approximate surface area is 167 Å². The fraction of sp³-hybridized carbons (Fsp3) is 0.636. The molecule has 2 aliphatic rings. The van der Waals surface area contributed by atoms with E-state index in [4.69, 9.17) is 0 Å². The largest absolute Gasteiger partial charge is 0.342 e. The molecule has 0 N–H and O–H groups in total. The molecular formula is C22H32N2O2S. The summed E-state index contributed by atoms with van der Waals surface area (Å²) in [6.07, 6.45) is 3.89. The fourth-order valence-corrected chi connectivity index (χ4v) is 4.66. The molecule has 0 aliphatic carbocycles. The second-order valence-corrected chi connectivity index (χ2v) is 9.80. The molecule has 0 saturated carbocycles. The maximum Gasteiger partial charge on any atom is 0.232 e. The van der Waals surface area contributed by atoms with E-state index in [1.807, 2.05) is 9.80 Å². The van der Waals surface area contributed by atoms with Crippen molar-refractivity contribution in [2.45, 2.75) is 56.8 Å². The standard InChI is InChI=1S/C22H32N2O2S/c1-22(2,3)18-6-8-19(9-7-18)27-16-20(25)23-14-10-17(11-15-23)21(26)24-12-4-5-13-24/h6-9,17H,4-5,10-16H2,1-3H3. The zero-order chi connectivity index (χ0) is 19.4. The van der Waals surface area contributed by atoms with Crippen LogP contribution in [0, 0.1) is 5.92 Å². The predicted molar refractivity (Wildman–Crippen MR) is 111 cm³/mol. The van der Waals surface area contributed by atoms with Crippen molar-refractivity contribution in [3.8, 4) is 0 Å². The van der Waals surface area contributed by atoms with Crippen LogP contribution in [0.1, 0.15) is 52.0 Å². The summed E-state index contributed by atoms with van der Waals surface area (Å²) in [5.41, 5.74) is 1.46. The van der Waals surface area contributed by atoms with Crippen LogP contribution in [0.4, 0.5) is 0 Å². The van der Waals surface area contributed by atoms with Gasteiger partial charge < -0.3 is 9.80 Å². The summed E-state index contributed by atoms with van der Waals surface area (Å²) in [5.74, 6) is 1.09. The van der Waals surface area contributed by atoms with Gasteiger partial charge in [-0.2, -0.15) is 0 Å². The van der Waals surface area contributed by atoms with Crippen molar-refractivity contribution >= 4 is 23.6 Å². The molecule has 4 nitrogen and oxygen atoms in total. The van der Waals surface area contributed by atoms with Gasteiger partial charge in [-0.1, -0.05) is 32.9 Å². The Bertz CT molecular complexity index is 652. The van der Waals surface area contributed by atoms with Crippen molar-refractivity contribution in [2.75, 3.05) is 31.9 Å². The number of hydrogen-bond donors (Lipinski definition) is 0. The number of rotatable bonds is 4. The Morgan fingerprint density at radius 1 is 0.963 bits per heavy atom. The molecule has 2 heterocycles. The van der Waals surface area contributed by atoms with Gasteiger partial charge in [0.05, 0.1) is 5.75 Å². The van der Waals surface area contributed by atoms with Gasteiger partial charge in [0.1, 0.15) is 0 Å². The Balaban J connectivity index is 1.43. The number of hydrogen-bond acceptors (Lipinski definition) is 3. The molecule has 0 radical (unpaired) electrons. The first-order chi connectivity index (χ1) is 12.8. The summed E-state index contributed by atoms with van der Waals surface area (Å²) in [7, 11) is 0. The van der Waals surface area contributed by atoms with Crippen LogP contribution in [-0.2, 0) is 15.0 Å². The number of thioether (sulfide) groups is 1. The third-order valence-electron chi connectivity index (χ3n) is 5.70. The minimum Gasteiger partial charge on any atom is -0.342 e. The molecule has 3 rings (SSSR count). The van der Waals surface area contributed by atoms with E-state index < -0.39 is 0 Å². The summed E-state index contributed by atoms with van der Waals surface area (Å²) in [4.78, 5) is 30.1. The summed E-state index contributed by atoms with van der Waals surface area (Å²) < 4.78 is 0. The average Bonchev–Trinajstić information content (AvgIpc) is 3.20. The molecule has 2 aliphatic heterocycles. The topological polar surface area (TPSA) is 40.6 Å². The van der Waals surface area contributed by atoms with Gasteiger partial charge in [0, 0.05) is 37.0 Å². The molecule has 2 saturated heterocycles. The van der Waals surface area contributed by atoms with Crippen LogP contribution in [0.25, 0.3) is 0 Å². The Morgan fingerprint density at radius 3 is 2.11 bits per heavy atom. The second-order valence-electron chi connectivity index (χ2n) is 8.75. The van der Waals surface area contributed by atoms with Crippen molar-refractivity contribution in [1.82, 2.24) is 9.80 Å². The lowest BCUT2D eigenvalue weighted by molar-refractivity contribution is -0.139. The fourth-order valence-electron chi connectivity index (χ4n) is 3.86. The normalized spacial score (nSPS) is 18.8. The van der Waals surface area contributed by atoms with Crippen molar-refractivity contribution in [3.05, 3.63) is 29.8 Å². The number of piperidine rings is 1. The van der Waals surface area contributed by atoms with Crippen LogP contribution in [0.2, 0.25) is 0 Å². The molecule has 5 heteroatoms. The van der Waals surface area contributed by atoms with Crippen molar-refractivity contribution < 1.29 is 9.59 Å². The third kappa shape index (κ3) is 5.28. The van der Waals surface area contributed by atoms with E-state index in [9.17, 15) is 9.59 Å². The highest BCUT2D eigenvalue weighted by molar-refractivity contribution is 8.00. The van der Waals surface area contributed by atoms with E-state index in [-0.39, 0.29) is 17.2 Å². The van der Waals surface area contributed by atoms with Gasteiger partial charge >= 0.3 is 0 Å². The maximum absolute atomic E-state index is 12.5. The summed E-state index contributed by atoms with van der Waals surface area (Å²) in [6, 6.07) is 8.53. The molecule has 0 unspecified atom stereocenters. The molecule has 0 bridgehead atoms. The monoisotopic (exact) mass is 388 g/mol. The van der Waals surface area contributed by atoms with E-state index >= 15 is 0 Å². The van der Waals surface area contributed by atoms with E-state index in [0.29, 0.717) is 24.7 Å². The maximum atomic E-state index is 12.5. The van der Waals surface area contributed by atoms with Gasteiger partial charge in [-0.3, -0.25) is 9.59 Å². The number of carbonyl (C=O) groups is 2. The first kappa shape index (κ1) is 20.2. The van der Waals surface area contributed by atoms with Gasteiger partial charge in [0.15, 0.2) is 0 Å². The number of likely N-dealkylation sites (tertiary alicyclic amines) is 2. The minimum atomic E-state index is 0.116. The lowest BCUT2D eigenvalue weighted by Crippen LogP contribution is -2.44. The third-order valence-corrected chi connectivity index (χ3v) is 6.69. The smallest absolute Gasteiger partial charge is 0.232 e. The molecule has 2 fully saturated rings. The molecule has 0 aromatic heterocycles. The minimum absolute atomic E-state index is 0.116. The Morgan fingerprint density at radius 2 is 1.56 bits per heavy atom. The molecule has 27 heavy (non-hydrogen) atoms. The number of benzene rings is 1. The van der Waals surface area contributed by atoms with Gasteiger partial charge in [0.2, 0.25) is 11.8 Å². The molecular weight excluding hydrogens is 356 g/mol. The SMILES string of the molecule is CC(C)(C)c1ccc(SCC(=O)N2CCC(C(=O)N3CCCC3)CC2)cc1. The van der Waals surface area contributed by atoms with Crippen LogP contribution in [0.5, 0.6) is 0 Å². The summed E-state index contributed by atoms with van der Waals surface area (Å²) >= 11 is 1.60. The van der Waals surface area contributed by atoms with E-state index in [1.165, 1.54) is 5.56 Å². The molecule has 2 amide bonds. The van der Waals surface area contributed by atoms with Gasteiger partial charge in [-0.05, 0) is 48.8 Å². The van der Waals surface area contributed by atoms with Gasteiger partial charge in [0.25, 0.3) is 0 Å². The average molecular weight is 389 g/mol. The van der Waals surface area contributed by atoms with E-state index in [0.717, 1.165) is 43.7 Å².